The van der Waals surface area contributed by atoms with E-state index >= 15 is 0 Å². The predicted molar refractivity (Wildman–Crippen MR) is 78.0 cm³/mol. The summed E-state index contributed by atoms with van der Waals surface area (Å²) in [6, 6.07) is 5.08. The van der Waals surface area contributed by atoms with Crippen LogP contribution in [0.4, 0.5) is 4.39 Å². The van der Waals surface area contributed by atoms with Gasteiger partial charge in [-0.25, -0.2) is 9.18 Å². The van der Waals surface area contributed by atoms with E-state index in [-0.39, 0.29) is 18.2 Å². The monoisotopic (exact) mass is 309 g/mol. The van der Waals surface area contributed by atoms with Crippen molar-refractivity contribution in [3.05, 3.63) is 30.1 Å². The molecule has 1 unspecified atom stereocenters. The third kappa shape index (κ3) is 5.02. The van der Waals surface area contributed by atoms with Gasteiger partial charge in [0, 0.05) is 6.42 Å². The van der Waals surface area contributed by atoms with Gasteiger partial charge in [-0.15, -0.1) is 0 Å². The van der Waals surface area contributed by atoms with Gasteiger partial charge in [0.25, 0.3) is 0 Å². The molecule has 1 saturated carbocycles. The standard InChI is InChI=1S/C16H20FNO4/c17-12-5-7-13(8-6-12)22-14(16(20)21)10-18-15(19)9-11-3-1-2-4-11/h5-8,11,14H,1-4,9-10H2,(H,18,19)(H,20,21). The van der Waals surface area contributed by atoms with Gasteiger partial charge in [-0.1, -0.05) is 12.8 Å². The average molecular weight is 309 g/mol. The number of carbonyl (C=O) groups excluding carboxylic acids is 1. The smallest absolute Gasteiger partial charge is 0.346 e. The minimum Gasteiger partial charge on any atom is -0.478 e. The second-order valence-electron chi connectivity index (χ2n) is 5.56. The van der Waals surface area contributed by atoms with Crippen LogP contribution in [0, 0.1) is 11.7 Å². The number of aliphatic carboxylic acids is 1. The van der Waals surface area contributed by atoms with Crippen molar-refractivity contribution in [1.29, 1.82) is 0 Å². The Hall–Kier alpha value is -2.11. The molecule has 0 radical (unpaired) electrons. The van der Waals surface area contributed by atoms with Gasteiger partial charge in [0.15, 0.2) is 0 Å². The van der Waals surface area contributed by atoms with Gasteiger partial charge < -0.3 is 15.2 Å². The van der Waals surface area contributed by atoms with Crippen LogP contribution in [0.25, 0.3) is 0 Å². The average Bonchev–Trinajstić information content (AvgIpc) is 2.98. The molecule has 2 N–H and O–H groups in total. The number of carbonyl (C=O) groups is 2. The molecule has 1 aliphatic rings. The maximum absolute atomic E-state index is 12.8. The van der Waals surface area contributed by atoms with Gasteiger partial charge in [0.05, 0.1) is 6.54 Å². The van der Waals surface area contributed by atoms with Gasteiger partial charge in [0.2, 0.25) is 12.0 Å². The molecule has 5 nitrogen and oxygen atoms in total. The molecule has 120 valence electrons. The van der Waals surface area contributed by atoms with Crippen molar-refractivity contribution in [2.75, 3.05) is 6.54 Å². The second-order valence-corrected chi connectivity index (χ2v) is 5.56. The minimum atomic E-state index is -1.20. The summed E-state index contributed by atoms with van der Waals surface area (Å²) in [5.41, 5.74) is 0. The summed E-state index contributed by atoms with van der Waals surface area (Å²) in [6.45, 7) is -0.113. The zero-order valence-corrected chi connectivity index (χ0v) is 12.3. The SMILES string of the molecule is O=C(CC1CCCC1)NCC(Oc1ccc(F)cc1)C(=O)O. The third-order valence-corrected chi connectivity index (χ3v) is 3.80. The predicted octanol–water partition coefficient (Wildman–Crippen LogP) is 2.35. The van der Waals surface area contributed by atoms with Gasteiger partial charge in [-0.2, -0.15) is 0 Å². The van der Waals surface area contributed by atoms with Crippen molar-refractivity contribution in [1.82, 2.24) is 5.32 Å². The quantitative estimate of drug-likeness (QED) is 0.810. The summed E-state index contributed by atoms with van der Waals surface area (Å²) in [5, 5.41) is 11.7. The van der Waals surface area contributed by atoms with Crippen LogP contribution in [0.3, 0.4) is 0 Å². The van der Waals surface area contributed by atoms with E-state index in [9.17, 15) is 14.0 Å². The molecule has 6 heteroatoms. The van der Waals surface area contributed by atoms with Crippen molar-refractivity contribution < 1.29 is 23.8 Å². The van der Waals surface area contributed by atoms with Crippen LogP contribution in [-0.4, -0.2) is 29.6 Å². The lowest BCUT2D eigenvalue weighted by molar-refractivity contribution is -0.145. The van der Waals surface area contributed by atoms with E-state index < -0.39 is 17.9 Å². The lowest BCUT2D eigenvalue weighted by atomic mass is 10.0. The van der Waals surface area contributed by atoms with Crippen LogP contribution >= 0.6 is 0 Å². The summed E-state index contributed by atoms with van der Waals surface area (Å²) in [7, 11) is 0. The van der Waals surface area contributed by atoms with Gasteiger partial charge in [-0.3, -0.25) is 4.79 Å². The molecule has 0 aromatic heterocycles. The Balaban J connectivity index is 1.82. The largest absolute Gasteiger partial charge is 0.478 e. The number of rotatable bonds is 7. The topological polar surface area (TPSA) is 75.6 Å². The van der Waals surface area contributed by atoms with E-state index in [1.54, 1.807) is 0 Å². The number of hydrogen-bond acceptors (Lipinski definition) is 3. The number of halogens is 1. The Labute approximate surface area is 128 Å². The highest BCUT2D eigenvalue weighted by Gasteiger charge is 2.22. The first-order valence-electron chi connectivity index (χ1n) is 7.46. The van der Waals surface area contributed by atoms with E-state index in [0.717, 1.165) is 25.7 Å². The molecule has 0 aliphatic heterocycles. The van der Waals surface area contributed by atoms with Crippen molar-refractivity contribution in [3.8, 4) is 5.75 Å². The van der Waals surface area contributed by atoms with Crippen molar-refractivity contribution >= 4 is 11.9 Å². The fourth-order valence-electron chi connectivity index (χ4n) is 2.61. The van der Waals surface area contributed by atoms with Crippen LogP contribution < -0.4 is 10.1 Å². The summed E-state index contributed by atoms with van der Waals surface area (Å²) in [6.07, 6.45) is 3.66. The molecule has 1 amide bonds. The summed E-state index contributed by atoms with van der Waals surface area (Å²) in [4.78, 5) is 23.0. The Morgan fingerprint density at radius 3 is 2.50 bits per heavy atom. The highest BCUT2D eigenvalue weighted by molar-refractivity contribution is 5.78. The van der Waals surface area contributed by atoms with E-state index in [2.05, 4.69) is 5.32 Å². The maximum atomic E-state index is 12.8. The fraction of sp³-hybridized carbons (Fsp3) is 0.500. The molecule has 1 aliphatic carbocycles. The van der Waals surface area contributed by atoms with Gasteiger partial charge in [-0.05, 0) is 43.0 Å². The molecule has 1 aromatic rings. The van der Waals surface area contributed by atoms with Crippen LogP contribution in [0.5, 0.6) is 5.75 Å². The molecular formula is C16H20FNO4. The molecule has 0 bridgehead atoms. The molecule has 0 saturated heterocycles. The summed E-state index contributed by atoms with van der Waals surface area (Å²) >= 11 is 0. The molecule has 22 heavy (non-hydrogen) atoms. The Bertz CT molecular complexity index is 511. The Kier molecular flexibility index (Phi) is 5.75. The first-order valence-corrected chi connectivity index (χ1v) is 7.46. The zero-order valence-electron chi connectivity index (χ0n) is 12.3. The van der Waals surface area contributed by atoms with Crippen LogP contribution in [0.1, 0.15) is 32.1 Å². The number of carboxylic acids is 1. The van der Waals surface area contributed by atoms with Crippen molar-refractivity contribution in [2.24, 2.45) is 5.92 Å². The van der Waals surface area contributed by atoms with E-state index in [1.807, 2.05) is 0 Å². The van der Waals surface area contributed by atoms with Crippen LogP contribution in [0.2, 0.25) is 0 Å². The molecule has 0 spiro atoms. The molecule has 1 atom stereocenters. The number of ether oxygens (including phenoxy) is 1. The van der Waals surface area contributed by atoms with E-state index in [0.29, 0.717) is 12.3 Å². The Morgan fingerprint density at radius 1 is 1.27 bits per heavy atom. The second kappa shape index (κ2) is 7.77. The number of amides is 1. The third-order valence-electron chi connectivity index (χ3n) is 3.80. The lowest BCUT2D eigenvalue weighted by Gasteiger charge is -2.16. The lowest BCUT2D eigenvalue weighted by Crippen LogP contribution is -2.40. The minimum absolute atomic E-state index is 0.113. The van der Waals surface area contributed by atoms with E-state index in [1.165, 1.54) is 24.3 Å². The highest BCUT2D eigenvalue weighted by Crippen LogP contribution is 2.27. The van der Waals surface area contributed by atoms with Crippen LogP contribution in [0.15, 0.2) is 24.3 Å². The van der Waals surface area contributed by atoms with Gasteiger partial charge >= 0.3 is 5.97 Å². The fourth-order valence-corrected chi connectivity index (χ4v) is 2.61. The number of carboxylic acid groups (broad SMARTS) is 1. The first kappa shape index (κ1) is 16.3. The molecule has 1 fully saturated rings. The highest BCUT2D eigenvalue weighted by atomic mass is 19.1. The van der Waals surface area contributed by atoms with Crippen molar-refractivity contribution in [2.45, 2.75) is 38.2 Å². The van der Waals surface area contributed by atoms with E-state index in [4.69, 9.17) is 9.84 Å². The summed E-state index contributed by atoms with van der Waals surface area (Å²) < 4.78 is 18.1. The molecular weight excluding hydrogens is 289 g/mol. The number of nitrogens with one attached hydrogen (secondary N) is 1. The molecule has 0 heterocycles. The Morgan fingerprint density at radius 2 is 1.91 bits per heavy atom. The molecule has 1 aromatic carbocycles. The van der Waals surface area contributed by atoms with Gasteiger partial charge in [0.1, 0.15) is 11.6 Å². The normalized spacial score (nSPS) is 16.2. The first-order chi connectivity index (χ1) is 10.5. The molecule has 2 rings (SSSR count). The zero-order chi connectivity index (χ0) is 15.9. The van der Waals surface area contributed by atoms with Crippen molar-refractivity contribution in [3.63, 3.8) is 0 Å². The number of hydrogen-bond donors (Lipinski definition) is 2. The summed E-state index contributed by atoms with van der Waals surface area (Å²) in [5.74, 6) is -1.10. The maximum Gasteiger partial charge on any atom is 0.346 e. The van der Waals surface area contributed by atoms with Crippen LogP contribution in [-0.2, 0) is 9.59 Å². The number of benzene rings is 1.